The van der Waals surface area contributed by atoms with Gasteiger partial charge in [0, 0.05) is 6.54 Å². The van der Waals surface area contributed by atoms with Crippen molar-refractivity contribution < 1.29 is 9.53 Å². The van der Waals surface area contributed by atoms with Crippen molar-refractivity contribution in [2.24, 2.45) is 0 Å². The van der Waals surface area contributed by atoms with Crippen LogP contribution in [0.15, 0.2) is 67.0 Å². The Morgan fingerprint density at radius 3 is 2.52 bits per heavy atom. The lowest BCUT2D eigenvalue weighted by Crippen LogP contribution is -2.25. The lowest BCUT2D eigenvalue weighted by atomic mass is 10.1. The molecule has 0 aliphatic rings. The first-order valence-corrected chi connectivity index (χ1v) is 8.80. The van der Waals surface area contributed by atoms with Crippen molar-refractivity contribution in [3.05, 3.63) is 78.2 Å². The highest BCUT2D eigenvalue weighted by molar-refractivity contribution is 5.92. The summed E-state index contributed by atoms with van der Waals surface area (Å²) in [6.07, 6.45) is 4.79. The normalized spacial score (nSPS) is 10.3. The van der Waals surface area contributed by atoms with Crippen molar-refractivity contribution in [3.63, 3.8) is 0 Å². The van der Waals surface area contributed by atoms with Crippen LogP contribution in [0.1, 0.15) is 22.5 Å². The average Bonchev–Trinajstić information content (AvgIpc) is 2.73. The molecule has 0 aliphatic heterocycles. The molecule has 0 saturated carbocycles. The number of ether oxygens (including phenoxy) is 1. The molecule has 0 spiro atoms. The summed E-state index contributed by atoms with van der Waals surface area (Å²) in [7, 11) is 1.61. The topological polar surface area (TPSA) is 76.1 Å². The van der Waals surface area contributed by atoms with E-state index in [-0.39, 0.29) is 5.91 Å². The van der Waals surface area contributed by atoms with Crippen molar-refractivity contribution in [1.82, 2.24) is 15.3 Å². The number of anilines is 2. The van der Waals surface area contributed by atoms with Gasteiger partial charge in [0.1, 0.15) is 17.3 Å². The van der Waals surface area contributed by atoms with Crippen molar-refractivity contribution >= 4 is 17.4 Å². The summed E-state index contributed by atoms with van der Waals surface area (Å²) in [4.78, 5) is 20.6. The second kappa shape index (κ2) is 9.33. The zero-order chi connectivity index (χ0) is 18.9. The number of nitrogens with one attached hydrogen (secondary N) is 2. The maximum Gasteiger partial charge on any atom is 0.271 e. The van der Waals surface area contributed by atoms with Crippen LogP contribution in [0.25, 0.3) is 0 Å². The lowest BCUT2D eigenvalue weighted by Gasteiger charge is -2.10. The number of nitrogens with zero attached hydrogens (tertiary/aromatic N) is 2. The van der Waals surface area contributed by atoms with Crippen molar-refractivity contribution in [2.75, 3.05) is 19.0 Å². The highest BCUT2D eigenvalue weighted by Gasteiger charge is 2.08. The minimum atomic E-state index is -0.223. The SMILES string of the molecule is COc1ccccc1Nc1cnc(C(=O)NCCCc2ccccc2)cn1. The molecule has 27 heavy (non-hydrogen) atoms. The van der Waals surface area contributed by atoms with E-state index in [4.69, 9.17) is 4.74 Å². The van der Waals surface area contributed by atoms with Crippen LogP contribution in [-0.4, -0.2) is 29.5 Å². The molecular formula is C21H22N4O2. The van der Waals surface area contributed by atoms with Gasteiger partial charge in [-0.1, -0.05) is 42.5 Å². The maximum atomic E-state index is 12.2. The number of carbonyl (C=O) groups excluding carboxylic acids is 1. The number of aromatic nitrogens is 2. The molecular weight excluding hydrogens is 340 g/mol. The van der Waals surface area contributed by atoms with E-state index >= 15 is 0 Å². The van der Waals surface area contributed by atoms with Gasteiger partial charge in [-0.2, -0.15) is 0 Å². The number of aryl methyl sites for hydroxylation is 1. The number of benzene rings is 2. The van der Waals surface area contributed by atoms with Crippen molar-refractivity contribution in [3.8, 4) is 5.75 Å². The van der Waals surface area contributed by atoms with Crippen LogP contribution in [0.4, 0.5) is 11.5 Å². The Balaban J connectivity index is 1.50. The van der Waals surface area contributed by atoms with E-state index in [1.54, 1.807) is 7.11 Å². The molecule has 0 aliphatic carbocycles. The molecule has 1 aromatic heterocycles. The maximum absolute atomic E-state index is 12.2. The largest absolute Gasteiger partial charge is 0.495 e. The van der Waals surface area contributed by atoms with Gasteiger partial charge in [0.05, 0.1) is 25.2 Å². The molecule has 0 fully saturated rings. The van der Waals surface area contributed by atoms with Crippen LogP contribution in [0.5, 0.6) is 5.75 Å². The van der Waals surface area contributed by atoms with E-state index in [1.807, 2.05) is 42.5 Å². The minimum Gasteiger partial charge on any atom is -0.495 e. The molecule has 0 saturated heterocycles. The Morgan fingerprint density at radius 2 is 1.78 bits per heavy atom. The second-order valence-electron chi connectivity index (χ2n) is 5.96. The molecule has 3 rings (SSSR count). The minimum absolute atomic E-state index is 0.223. The molecule has 0 radical (unpaired) electrons. The predicted molar refractivity (Wildman–Crippen MR) is 105 cm³/mol. The van der Waals surface area contributed by atoms with Gasteiger partial charge in [0.2, 0.25) is 0 Å². The van der Waals surface area contributed by atoms with Gasteiger partial charge in [-0.05, 0) is 30.5 Å². The van der Waals surface area contributed by atoms with Gasteiger partial charge in [-0.15, -0.1) is 0 Å². The third-order valence-corrected chi connectivity index (χ3v) is 4.02. The summed E-state index contributed by atoms with van der Waals surface area (Å²) in [5.74, 6) is 1.03. The first-order valence-electron chi connectivity index (χ1n) is 8.80. The third kappa shape index (κ3) is 5.28. The molecule has 1 heterocycles. The molecule has 6 nitrogen and oxygen atoms in total. The fourth-order valence-corrected chi connectivity index (χ4v) is 2.63. The molecule has 1 amide bonds. The number of hydrogen-bond donors (Lipinski definition) is 2. The van der Waals surface area contributed by atoms with E-state index in [0.717, 1.165) is 18.5 Å². The van der Waals surface area contributed by atoms with E-state index < -0.39 is 0 Å². The molecule has 138 valence electrons. The summed E-state index contributed by atoms with van der Waals surface area (Å²) in [5, 5.41) is 6.00. The highest BCUT2D eigenvalue weighted by atomic mass is 16.5. The number of rotatable bonds is 8. The summed E-state index contributed by atoms with van der Waals surface area (Å²) >= 11 is 0. The number of para-hydroxylation sites is 2. The Labute approximate surface area is 158 Å². The summed E-state index contributed by atoms with van der Waals surface area (Å²) in [6, 6.07) is 17.7. The molecule has 2 aromatic carbocycles. The van der Waals surface area contributed by atoms with Crippen LogP contribution >= 0.6 is 0 Å². The number of methoxy groups -OCH3 is 1. The number of amides is 1. The van der Waals surface area contributed by atoms with E-state index in [0.29, 0.717) is 23.8 Å². The zero-order valence-electron chi connectivity index (χ0n) is 15.2. The third-order valence-electron chi connectivity index (χ3n) is 4.02. The summed E-state index contributed by atoms with van der Waals surface area (Å²) in [6.45, 7) is 0.594. The monoisotopic (exact) mass is 362 g/mol. The number of hydrogen-bond acceptors (Lipinski definition) is 5. The standard InChI is InChI=1S/C21H22N4O2/c1-27-19-12-6-5-11-17(19)25-20-15-23-18(14-24-20)21(26)22-13-7-10-16-8-3-2-4-9-16/h2-6,8-9,11-12,14-15H,7,10,13H2,1H3,(H,22,26)(H,24,25). The van der Waals surface area contributed by atoms with Crippen LogP contribution in [0.3, 0.4) is 0 Å². The molecule has 0 unspecified atom stereocenters. The van der Waals surface area contributed by atoms with Gasteiger partial charge < -0.3 is 15.4 Å². The number of carbonyl (C=O) groups is 1. The Morgan fingerprint density at radius 1 is 1.00 bits per heavy atom. The smallest absolute Gasteiger partial charge is 0.271 e. The highest BCUT2D eigenvalue weighted by Crippen LogP contribution is 2.25. The molecule has 2 N–H and O–H groups in total. The second-order valence-corrected chi connectivity index (χ2v) is 5.96. The van der Waals surface area contributed by atoms with Gasteiger partial charge in [-0.3, -0.25) is 4.79 Å². The first-order chi connectivity index (χ1) is 13.3. The van der Waals surface area contributed by atoms with Crippen LogP contribution in [0, 0.1) is 0 Å². The van der Waals surface area contributed by atoms with Crippen LogP contribution in [0.2, 0.25) is 0 Å². The molecule has 0 atom stereocenters. The van der Waals surface area contributed by atoms with Gasteiger partial charge in [-0.25, -0.2) is 9.97 Å². The molecule has 3 aromatic rings. The van der Waals surface area contributed by atoms with Crippen LogP contribution < -0.4 is 15.4 Å². The van der Waals surface area contributed by atoms with E-state index in [2.05, 4.69) is 32.7 Å². The predicted octanol–water partition coefficient (Wildman–Crippen LogP) is 3.59. The summed E-state index contributed by atoms with van der Waals surface area (Å²) < 4.78 is 5.29. The van der Waals surface area contributed by atoms with Gasteiger partial charge >= 0.3 is 0 Å². The van der Waals surface area contributed by atoms with Crippen molar-refractivity contribution in [1.29, 1.82) is 0 Å². The average molecular weight is 362 g/mol. The quantitative estimate of drug-likeness (QED) is 0.599. The summed E-state index contributed by atoms with van der Waals surface area (Å²) in [5.41, 5.74) is 2.34. The van der Waals surface area contributed by atoms with Crippen LogP contribution in [-0.2, 0) is 6.42 Å². The Bertz CT molecular complexity index is 867. The zero-order valence-corrected chi connectivity index (χ0v) is 15.2. The van der Waals surface area contributed by atoms with Gasteiger partial charge in [0.25, 0.3) is 5.91 Å². The lowest BCUT2D eigenvalue weighted by molar-refractivity contribution is 0.0948. The fourth-order valence-electron chi connectivity index (χ4n) is 2.63. The Kier molecular flexibility index (Phi) is 6.35. The molecule has 6 heteroatoms. The first kappa shape index (κ1) is 18.4. The van der Waals surface area contributed by atoms with Crippen molar-refractivity contribution in [2.45, 2.75) is 12.8 Å². The van der Waals surface area contributed by atoms with Gasteiger partial charge in [0.15, 0.2) is 0 Å². The van der Waals surface area contributed by atoms with E-state index in [1.165, 1.54) is 18.0 Å². The Hall–Kier alpha value is -3.41. The molecule has 0 bridgehead atoms. The van der Waals surface area contributed by atoms with E-state index in [9.17, 15) is 4.79 Å². The fraction of sp³-hybridized carbons (Fsp3) is 0.190.